The van der Waals surface area contributed by atoms with Crippen molar-refractivity contribution < 1.29 is 24.2 Å². The maximum absolute atomic E-state index is 12.9. The first kappa shape index (κ1) is 20.9. The number of ether oxygens (including phenoxy) is 1. The van der Waals surface area contributed by atoms with Crippen molar-refractivity contribution >= 4 is 34.2 Å². The van der Waals surface area contributed by atoms with Crippen LogP contribution in [0.4, 0.5) is 5.69 Å². The number of carboxylic acid groups (broad SMARTS) is 1. The molecule has 0 fully saturated rings. The lowest BCUT2D eigenvalue weighted by molar-refractivity contribution is -0.123. The van der Waals surface area contributed by atoms with Gasteiger partial charge in [0.05, 0.1) is 11.1 Å². The Balaban J connectivity index is 1.90. The lowest BCUT2D eigenvalue weighted by Crippen LogP contribution is -2.34. The average Bonchev–Trinajstić information content (AvgIpc) is 2.71. The maximum Gasteiger partial charge on any atom is 0.335 e. The topological polar surface area (TPSA) is 105 Å². The largest absolute Gasteiger partial charge is 0.483 e. The molecule has 0 heterocycles. The Labute approximate surface area is 173 Å². The summed E-state index contributed by atoms with van der Waals surface area (Å²) in [5.41, 5.74) is 0.650. The molecule has 0 saturated heterocycles. The zero-order valence-electron chi connectivity index (χ0n) is 16.6. The molecule has 0 atom stereocenters. The van der Waals surface area contributed by atoms with Gasteiger partial charge in [0.2, 0.25) is 0 Å². The van der Waals surface area contributed by atoms with E-state index >= 15 is 0 Å². The molecule has 2 amide bonds. The van der Waals surface area contributed by atoms with Crippen LogP contribution in [0, 0.1) is 0 Å². The molecular weight excluding hydrogens is 384 g/mol. The van der Waals surface area contributed by atoms with Crippen molar-refractivity contribution in [2.75, 3.05) is 11.9 Å². The predicted molar refractivity (Wildman–Crippen MR) is 114 cm³/mol. The van der Waals surface area contributed by atoms with Gasteiger partial charge in [-0.2, -0.15) is 0 Å². The molecule has 3 N–H and O–H groups in total. The van der Waals surface area contributed by atoms with E-state index in [0.29, 0.717) is 5.69 Å². The molecule has 0 aromatic heterocycles. The Morgan fingerprint density at radius 1 is 0.967 bits per heavy atom. The number of nitrogens with one attached hydrogen (secondary N) is 2. The highest BCUT2D eigenvalue weighted by Gasteiger charge is 2.16. The van der Waals surface area contributed by atoms with E-state index in [1.807, 2.05) is 38.1 Å². The quantitative estimate of drug-likeness (QED) is 0.555. The lowest BCUT2D eigenvalue weighted by atomic mass is 10.0. The summed E-state index contributed by atoms with van der Waals surface area (Å²) < 4.78 is 5.66. The van der Waals surface area contributed by atoms with Gasteiger partial charge in [-0.05, 0) is 55.0 Å². The Hall–Kier alpha value is -3.87. The number of rotatable bonds is 7. The van der Waals surface area contributed by atoms with E-state index in [1.54, 1.807) is 24.3 Å². The van der Waals surface area contributed by atoms with Crippen LogP contribution in [0.25, 0.3) is 10.8 Å². The van der Waals surface area contributed by atoms with E-state index < -0.39 is 11.9 Å². The molecule has 30 heavy (non-hydrogen) atoms. The minimum absolute atomic E-state index is 0.0259. The fourth-order valence-electron chi connectivity index (χ4n) is 2.95. The van der Waals surface area contributed by atoms with Crippen LogP contribution >= 0.6 is 0 Å². The average molecular weight is 406 g/mol. The van der Waals surface area contributed by atoms with Gasteiger partial charge in [0.25, 0.3) is 11.8 Å². The van der Waals surface area contributed by atoms with Crippen molar-refractivity contribution in [2.45, 2.75) is 19.9 Å². The molecule has 3 aromatic carbocycles. The molecule has 7 heteroatoms. The third kappa shape index (κ3) is 5.14. The van der Waals surface area contributed by atoms with E-state index in [1.165, 1.54) is 12.1 Å². The number of aromatic carboxylic acids is 1. The van der Waals surface area contributed by atoms with Gasteiger partial charge in [0.15, 0.2) is 6.61 Å². The summed E-state index contributed by atoms with van der Waals surface area (Å²) in [6.07, 6.45) is 0. The summed E-state index contributed by atoms with van der Waals surface area (Å²) in [6.45, 7) is 3.46. The molecule has 0 bridgehead atoms. The molecule has 0 unspecified atom stereocenters. The van der Waals surface area contributed by atoms with Gasteiger partial charge in [-0.25, -0.2) is 4.79 Å². The second-order valence-corrected chi connectivity index (χ2v) is 7.05. The molecule has 0 spiro atoms. The first-order valence-electron chi connectivity index (χ1n) is 9.43. The Morgan fingerprint density at radius 3 is 2.33 bits per heavy atom. The molecule has 0 aliphatic heterocycles. The summed E-state index contributed by atoms with van der Waals surface area (Å²) in [7, 11) is 0. The number of hydrogen-bond donors (Lipinski definition) is 3. The van der Waals surface area contributed by atoms with E-state index in [4.69, 9.17) is 9.84 Å². The Kier molecular flexibility index (Phi) is 6.32. The van der Waals surface area contributed by atoms with Crippen LogP contribution in [0.2, 0.25) is 0 Å². The summed E-state index contributed by atoms with van der Waals surface area (Å²) in [5.74, 6) is -1.59. The van der Waals surface area contributed by atoms with Gasteiger partial charge in [0, 0.05) is 11.7 Å². The van der Waals surface area contributed by atoms with Gasteiger partial charge in [0.1, 0.15) is 5.75 Å². The molecule has 7 nitrogen and oxygen atoms in total. The van der Waals surface area contributed by atoms with Crippen LogP contribution < -0.4 is 15.4 Å². The van der Waals surface area contributed by atoms with Gasteiger partial charge in [-0.15, -0.1) is 0 Å². The molecule has 3 aromatic rings. The van der Waals surface area contributed by atoms with Crippen molar-refractivity contribution in [3.63, 3.8) is 0 Å². The summed E-state index contributed by atoms with van der Waals surface area (Å²) in [4.78, 5) is 36.1. The maximum atomic E-state index is 12.9. The third-order valence-electron chi connectivity index (χ3n) is 4.27. The van der Waals surface area contributed by atoms with Crippen molar-refractivity contribution in [3.05, 3.63) is 71.8 Å². The van der Waals surface area contributed by atoms with Crippen LogP contribution in [0.5, 0.6) is 5.75 Å². The molecule has 0 aliphatic rings. The van der Waals surface area contributed by atoms with Crippen LogP contribution in [0.3, 0.4) is 0 Å². The lowest BCUT2D eigenvalue weighted by Gasteiger charge is -2.14. The van der Waals surface area contributed by atoms with Crippen molar-refractivity contribution in [1.82, 2.24) is 5.32 Å². The van der Waals surface area contributed by atoms with Crippen LogP contribution in [0.1, 0.15) is 34.6 Å². The second-order valence-electron chi connectivity index (χ2n) is 7.05. The number of carbonyl (C=O) groups excluding carboxylic acids is 2. The first-order valence-corrected chi connectivity index (χ1v) is 9.43. The van der Waals surface area contributed by atoms with Gasteiger partial charge >= 0.3 is 5.97 Å². The number of fused-ring (bicyclic) bond motifs is 1. The van der Waals surface area contributed by atoms with E-state index in [2.05, 4.69) is 10.6 Å². The summed E-state index contributed by atoms with van der Waals surface area (Å²) >= 11 is 0. The highest BCUT2D eigenvalue weighted by molar-refractivity contribution is 6.09. The van der Waals surface area contributed by atoms with Gasteiger partial charge < -0.3 is 20.5 Å². The third-order valence-corrected chi connectivity index (χ3v) is 4.27. The smallest absolute Gasteiger partial charge is 0.335 e. The molecule has 154 valence electrons. The highest BCUT2D eigenvalue weighted by atomic mass is 16.5. The first-order chi connectivity index (χ1) is 14.3. The zero-order chi connectivity index (χ0) is 21.7. The summed E-state index contributed by atoms with van der Waals surface area (Å²) in [6, 6.07) is 16.8. The van der Waals surface area contributed by atoms with E-state index in [-0.39, 0.29) is 35.4 Å². The van der Waals surface area contributed by atoms with Gasteiger partial charge in [-0.1, -0.05) is 30.3 Å². The standard InChI is InChI=1S/C23H22N2O5/c1-14(2)24-21(26)13-30-20-12-16-7-4-3-6-15(16)11-19(20)22(27)25-18-9-5-8-17(10-18)23(28)29/h3-12,14H,13H2,1-2H3,(H,24,26)(H,25,27)(H,28,29). The number of amides is 2. The Morgan fingerprint density at radius 2 is 1.67 bits per heavy atom. The number of benzene rings is 3. The number of hydrogen-bond acceptors (Lipinski definition) is 4. The molecule has 3 rings (SSSR count). The van der Waals surface area contributed by atoms with Crippen LogP contribution in [-0.2, 0) is 4.79 Å². The SMILES string of the molecule is CC(C)NC(=O)COc1cc2ccccc2cc1C(=O)Nc1cccc(C(=O)O)c1. The number of carboxylic acids is 1. The summed E-state index contributed by atoms with van der Waals surface area (Å²) in [5, 5.41) is 16.3. The molecule has 0 aliphatic carbocycles. The minimum Gasteiger partial charge on any atom is -0.483 e. The molecular formula is C23H22N2O5. The van der Waals surface area contributed by atoms with Gasteiger partial charge in [-0.3, -0.25) is 9.59 Å². The monoisotopic (exact) mass is 406 g/mol. The molecule has 0 radical (unpaired) electrons. The highest BCUT2D eigenvalue weighted by Crippen LogP contribution is 2.27. The Bertz CT molecular complexity index is 1110. The predicted octanol–water partition coefficient (Wildman–Crippen LogP) is 3.69. The second kappa shape index (κ2) is 9.09. The number of carbonyl (C=O) groups is 3. The fourth-order valence-corrected chi connectivity index (χ4v) is 2.95. The fraction of sp³-hybridized carbons (Fsp3) is 0.174. The van der Waals surface area contributed by atoms with Crippen molar-refractivity contribution in [3.8, 4) is 5.75 Å². The minimum atomic E-state index is -1.09. The molecule has 0 saturated carbocycles. The zero-order valence-corrected chi connectivity index (χ0v) is 16.6. The normalized spacial score (nSPS) is 10.6. The van der Waals surface area contributed by atoms with E-state index in [9.17, 15) is 14.4 Å². The van der Waals surface area contributed by atoms with Crippen molar-refractivity contribution in [1.29, 1.82) is 0 Å². The van der Waals surface area contributed by atoms with Crippen LogP contribution in [-0.4, -0.2) is 35.5 Å². The van der Waals surface area contributed by atoms with Crippen molar-refractivity contribution in [2.24, 2.45) is 0 Å². The van der Waals surface area contributed by atoms with Crippen LogP contribution in [0.15, 0.2) is 60.7 Å². The van der Waals surface area contributed by atoms with E-state index in [0.717, 1.165) is 10.8 Å². The number of anilines is 1.